The summed E-state index contributed by atoms with van der Waals surface area (Å²) >= 11 is 0. The molecule has 0 heteroatoms. The molecule has 6 unspecified atom stereocenters. The van der Waals surface area contributed by atoms with Crippen LogP contribution >= 0.6 is 0 Å². The summed E-state index contributed by atoms with van der Waals surface area (Å²) in [5, 5.41) is 0. The van der Waals surface area contributed by atoms with Crippen LogP contribution in [0.5, 0.6) is 0 Å². The monoisotopic (exact) mass is 360 g/mol. The Bertz CT molecular complexity index is 387. The first-order valence-electron chi connectivity index (χ1n) is 12.6. The topological polar surface area (TPSA) is 0 Å². The summed E-state index contributed by atoms with van der Waals surface area (Å²) < 4.78 is 0. The highest BCUT2D eigenvalue weighted by Crippen LogP contribution is 2.48. The van der Waals surface area contributed by atoms with Crippen LogP contribution in [-0.2, 0) is 0 Å². The number of hydrogen-bond acceptors (Lipinski definition) is 0. The Labute approximate surface area is 165 Å². The van der Waals surface area contributed by atoms with Crippen LogP contribution in [-0.4, -0.2) is 0 Å². The van der Waals surface area contributed by atoms with E-state index in [0.29, 0.717) is 0 Å². The maximum Gasteiger partial charge on any atom is -0.0380 e. The van der Waals surface area contributed by atoms with Gasteiger partial charge in [-0.1, -0.05) is 85.5 Å². The molecule has 0 aromatic heterocycles. The second-order valence-corrected chi connectivity index (χ2v) is 11.0. The Kier molecular flexibility index (Phi) is 7.95. The van der Waals surface area contributed by atoms with Crippen molar-refractivity contribution in [2.24, 2.45) is 47.3 Å². The van der Waals surface area contributed by atoms with Crippen molar-refractivity contribution in [2.45, 2.75) is 118 Å². The van der Waals surface area contributed by atoms with E-state index in [0.717, 1.165) is 47.3 Å². The van der Waals surface area contributed by atoms with E-state index in [2.05, 4.69) is 27.7 Å². The predicted molar refractivity (Wildman–Crippen MR) is 115 cm³/mol. The van der Waals surface area contributed by atoms with Crippen molar-refractivity contribution in [3.8, 4) is 0 Å². The lowest BCUT2D eigenvalue weighted by Crippen LogP contribution is -2.34. The second kappa shape index (κ2) is 9.97. The minimum atomic E-state index is 0.945. The van der Waals surface area contributed by atoms with Gasteiger partial charge in [0.25, 0.3) is 0 Å². The molecule has 3 saturated carbocycles. The zero-order valence-corrected chi connectivity index (χ0v) is 18.5. The molecule has 3 fully saturated rings. The van der Waals surface area contributed by atoms with Gasteiger partial charge in [-0.2, -0.15) is 0 Å². The molecule has 0 radical (unpaired) electrons. The zero-order chi connectivity index (χ0) is 18.5. The molecule has 3 aliphatic carbocycles. The maximum atomic E-state index is 2.55. The Balaban J connectivity index is 1.71. The lowest BCUT2D eigenvalue weighted by atomic mass is 9.62. The fourth-order valence-corrected chi connectivity index (χ4v) is 7.17. The van der Waals surface area contributed by atoms with Crippen LogP contribution in [0.4, 0.5) is 0 Å². The number of hydrogen-bond donors (Lipinski definition) is 0. The third-order valence-corrected chi connectivity index (χ3v) is 9.39. The smallest absolute Gasteiger partial charge is 0.0380 e. The highest BCUT2D eigenvalue weighted by molar-refractivity contribution is 4.88. The normalized spacial score (nSPS) is 46.2. The Hall–Kier alpha value is 0. The fraction of sp³-hybridized carbons (Fsp3) is 1.00. The van der Waals surface area contributed by atoms with Crippen molar-refractivity contribution >= 4 is 0 Å². The summed E-state index contributed by atoms with van der Waals surface area (Å²) in [6.45, 7) is 10.1. The van der Waals surface area contributed by atoms with Crippen molar-refractivity contribution < 1.29 is 0 Å². The first kappa shape index (κ1) is 20.7. The Morgan fingerprint density at radius 2 is 1.12 bits per heavy atom. The molecule has 26 heavy (non-hydrogen) atoms. The molecule has 0 N–H and O–H groups in total. The van der Waals surface area contributed by atoms with Gasteiger partial charge in [0.05, 0.1) is 0 Å². The quantitative estimate of drug-likeness (QED) is 0.463. The van der Waals surface area contributed by atoms with Crippen molar-refractivity contribution in [1.29, 1.82) is 0 Å². The van der Waals surface area contributed by atoms with E-state index in [1.807, 2.05) is 0 Å². The standard InChI is InChI=1S/C26H48/c1-5-22-13-14-23-11-9-7-6-8-10-12-24(18-26(23)17-22)25-15-19(2)21(4)20(3)16-25/h19-26H,5-18H2,1-4H3. The number of fused-ring (bicyclic) bond motifs is 1. The van der Waals surface area contributed by atoms with Crippen LogP contribution < -0.4 is 0 Å². The van der Waals surface area contributed by atoms with E-state index < -0.39 is 0 Å². The van der Waals surface area contributed by atoms with E-state index in [1.54, 1.807) is 32.1 Å². The fourth-order valence-electron chi connectivity index (χ4n) is 7.17. The van der Waals surface area contributed by atoms with Gasteiger partial charge in [-0.05, 0) is 79.4 Å². The Morgan fingerprint density at radius 3 is 1.77 bits per heavy atom. The summed E-state index contributed by atoms with van der Waals surface area (Å²) in [7, 11) is 0. The van der Waals surface area contributed by atoms with Gasteiger partial charge in [0.15, 0.2) is 0 Å². The molecule has 3 rings (SSSR count). The largest absolute Gasteiger partial charge is 0.0651 e. The van der Waals surface area contributed by atoms with Crippen molar-refractivity contribution in [2.75, 3.05) is 0 Å². The molecule has 152 valence electrons. The van der Waals surface area contributed by atoms with E-state index in [4.69, 9.17) is 0 Å². The van der Waals surface area contributed by atoms with Crippen molar-refractivity contribution in [1.82, 2.24) is 0 Å². The summed E-state index contributed by atoms with van der Waals surface area (Å²) in [5.41, 5.74) is 0. The van der Waals surface area contributed by atoms with Gasteiger partial charge in [-0.25, -0.2) is 0 Å². The van der Waals surface area contributed by atoms with Crippen LogP contribution in [0, 0.1) is 47.3 Å². The van der Waals surface area contributed by atoms with E-state index in [9.17, 15) is 0 Å². The lowest BCUT2D eigenvalue weighted by molar-refractivity contribution is 0.0655. The molecule has 0 aliphatic heterocycles. The molecule has 0 nitrogen and oxygen atoms in total. The summed E-state index contributed by atoms with van der Waals surface area (Å²) in [4.78, 5) is 0. The predicted octanol–water partition coefficient (Wildman–Crippen LogP) is 8.50. The summed E-state index contributed by atoms with van der Waals surface area (Å²) in [6, 6.07) is 0. The van der Waals surface area contributed by atoms with Crippen LogP contribution in [0.2, 0.25) is 0 Å². The molecular formula is C26H48. The molecule has 0 bridgehead atoms. The SMILES string of the molecule is CCC1CCC2CCCCCCCC(C3CC(C)C(C)C(C)C3)CC2C1. The van der Waals surface area contributed by atoms with Gasteiger partial charge in [0.2, 0.25) is 0 Å². The molecule has 3 aliphatic rings. The molecule has 0 spiro atoms. The average molecular weight is 361 g/mol. The van der Waals surface area contributed by atoms with Crippen LogP contribution in [0.1, 0.15) is 118 Å². The number of rotatable bonds is 2. The Morgan fingerprint density at radius 1 is 0.538 bits per heavy atom. The van der Waals surface area contributed by atoms with Gasteiger partial charge in [-0.3, -0.25) is 0 Å². The third-order valence-electron chi connectivity index (χ3n) is 9.39. The van der Waals surface area contributed by atoms with E-state index >= 15 is 0 Å². The van der Waals surface area contributed by atoms with Crippen molar-refractivity contribution in [3.63, 3.8) is 0 Å². The van der Waals surface area contributed by atoms with Crippen LogP contribution in [0.25, 0.3) is 0 Å². The maximum absolute atomic E-state index is 2.55. The van der Waals surface area contributed by atoms with Gasteiger partial charge in [-0.15, -0.1) is 0 Å². The highest BCUT2D eigenvalue weighted by atomic mass is 14.4. The lowest BCUT2D eigenvalue weighted by Gasteiger charge is -2.44. The van der Waals surface area contributed by atoms with E-state index in [-0.39, 0.29) is 0 Å². The van der Waals surface area contributed by atoms with Gasteiger partial charge < -0.3 is 0 Å². The molecule has 0 saturated heterocycles. The molecule has 0 aromatic carbocycles. The van der Waals surface area contributed by atoms with Crippen LogP contribution in [0.3, 0.4) is 0 Å². The minimum absolute atomic E-state index is 0.945. The van der Waals surface area contributed by atoms with Crippen LogP contribution in [0.15, 0.2) is 0 Å². The van der Waals surface area contributed by atoms with Gasteiger partial charge >= 0.3 is 0 Å². The first-order valence-corrected chi connectivity index (χ1v) is 12.6. The zero-order valence-electron chi connectivity index (χ0n) is 18.5. The summed E-state index contributed by atoms with van der Waals surface area (Å²) in [5.74, 6) is 8.14. The first-order chi connectivity index (χ1) is 12.6. The third kappa shape index (κ3) is 5.29. The molecule has 0 amide bonds. The average Bonchev–Trinajstić information content (AvgIpc) is 2.68. The van der Waals surface area contributed by atoms with Crippen molar-refractivity contribution in [3.05, 3.63) is 0 Å². The minimum Gasteiger partial charge on any atom is -0.0651 e. The molecular weight excluding hydrogens is 312 g/mol. The highest BCUT2D eigenvalue weighted by Gasteiger charge is 2.37. The molecule has 0 heterocycles. The molecule has 0 aromatic rings. The van der Waals surface area contributed by atoms with Gasteiger partial charge in [0.1, 0.15) is 0 Å². The van der Waals surface area contributed by atoms with E-state index in [1.165, 1.54) is 57.8 Å². The second-order valence-electron chi connectivity index (χ2n) is 11.0. The summed E-state index contributed by atoms with van der Waals surface area (Å²) in [6.07, 6.45) is 21.5. The van der Waals surface area contributed by atoms with Gasteiger partial charge in [0, 0.05) is 0 Å². The molecule has 6 atom stereocenters.